The highest BCUT2D eigenvalue weighted by Gasteiger charge is 2.23. The molecule has 0 fully saturated rings. The van der Waals surface area contributed by atoms with Crippen LogP contribution in [0.15, 0.2) is 53.6 Å². The number of ether oxygens (including phenoxy) is 2. The number of aryl methyl sites for hydroxylation is 2. The summed E-state index contributed by atoms with van der Waals surface area (Å²) in [6.45, 7) is 1.90. The number of nitrogens with zero attached hydrogens (tertiary/aromatic N) is 1. The van der Waals surface area contributed by atoms with Gasteiger partial charge in [-0.15, -0.1) is 0 Å². The molecule has 0 aliphatic heterocycles. The first-order valence-electron chi connectivity index (χ1n) is 8.47. The van der Waals surface area contributed by atoms with Crippen LogP contribution in [0.2, 0.25) is 0 Å². The van der Waals surface area contributed by atoms with Crippen LogP contribution in [0.25, 0.3) is 10.9 Å². The van der Waals surface area contributed by atoms with E-state index < -0.39 is 10.8 Å². The quantitative estimate of drug-likeness (QED) is 0.601. The van der Waals surface area contributed by atoms with Crippen molar-refractivity contribution in [1.29, 1.82) is 0 Å². The first-order valence-corrected chi connectivity index (χ1v) is 9.97. The van der Waals surface area contributed by atoms with Crippen molar-refractivity contribution in [3.05, 3.63) is 59.8 Å². The second-order valence-corrected chi connectivity index (χ2v) is 8.18. The van der Waals surface area contributed by atoms with Gasteiger partial charge in [0.1, 0.15) is 5.75 Å². The summed E-state index contributed by atoms with van der Waals surface area (Å²) in [5.74, 6) is 0.343. The van der Waals surface area contributed by atoms with E-state index in [2.05, 4.69) is 0 Å². The highest BCUT2D eigenvalue weighted by molar-refractivity contribution is 8.23. The molecule has 0 aliphatic carbocycles. The number of carbonyl (C=O) groups is 1. The summed E-state index contributed by atoms with van der Waals surface area (Å²) in [5, 5.41) is 0.811. The van der Waals surface area contributed by atoms with Gasteiger partial charge in [0.15, 0.2) is 0 Å². The molecule has 0 bridgehead atoms. The van der Waals surface area contributed by atoms with E-state index in [1.54, 1.807) is 43.6 Å². The minimum absolute atomic E-state index is 0.205. The highest BCUT2D eigenvalue weighted by atomic mass is 32.3. The Morgan fingerprint density at radius 2 is 1.93 bits per heavy atom. The number of rotatable bonds is 6. The van der Waals surface area contributed by atoms with Crippen LogP contribution >= 0.6 is 10.8 Å². The fourth-order valence-corrected chi connectivity index (χ4v) is 4.56. The second-order valence-electron chi connectivity index (χ2n) is 6.27. The predicted octanol–water partition coefficient (Wildman–Crippen LogP) is 4.64. The van der Waals surface area contributed by atoms with Crippen LogP contribution in [-0.4, -0.2) is 33.3 Å². The van der Waals surface area contributed by atoms with Crippen LogP contribution in [-0.2, 0) is 16.0 Å². The van der Waals surface area contributed by atoms with Crippen LogP contribution < -0.4 is 4.74 Å². The number of fused-ring (bicyclic) bond motifs is 1. The molecule has 0 saturated heterocycles. The lowest BCUT2D eigenvalue weighted by atomic mass is 10.1. The zero-order chi connectivity index (χ0) is 19.6. The van der Waals surface area contributed by atoms with Gasteiger partial charge in [0, 0.05) is 18.0 Å². The third-order valence-corrected chi connectivity index (χ3v) is 6.20. The Morgan fingerprint density at radius 3 is 2.59 bits per heavy atom. The first-order chi connectivity index (χ1) is 12.9. The minimum Gasteiger partial charge on any atom is -0.497 e. The van der Waals surface area contributed by atoms with E-state index in [1.807, 2.05) is 19.1 Å². The lowest BCUT2D eigenvalue weighted by Gasteiger charge is -2.34. The molecule has 3 rings (SSSR count). The number of aromatic nitrogens is 1. The Bertz CT molecular complexity index is 980. The molecule has 1 heterocycles. The molecule has 2 N–H and O–H groups in total. The maximum Gasteiger partial charge on any atom is 0.305 e. The lowest BCUT2D eigenvalue weighted by molar-refractivity contribution is -0.140. The Balaban J connectivity index is 2.13. The van der Waals surface area contributed by atoms with Gasteiger partial charge >= 0.3 is 5.97 Å². The number of esters is 1. The average molecular weight is 389 g/mol. The standard InChI is InChI=1S/C20H23NO5S/c1-14-5-4-6-17(11-14)27(23,24)21-13-15(7-10-20(22)26-3)18-12-16(25-2)8-9-19(18)21/h4-6,8-9,11-13,23-24H,7,10H2,1-3H3. The average Bonchev–Trinajstić information content (AvgIpc) is 3.04. The molecular formula is C20H23NO5S. The van der Waals surface area contributed by atoms with Crippen LogP contribution in [0.5, 0.6) is 5.75 Å². The van der Waals surface area contributed by atoms with E-state index in [0.717, 1.165) is 16.5 Å². The summed E-state index contributed by atoms with van der Waals surface area (Å²) in [7, 11) is -0.345. The van der Waals surface area contributed by atoms with Crippen LogP contribution in [0.1, 0.15) is 17.5 Å². The van der Waals surface area contributed by atoms with Crippen LogP contribution in [0.4, 0.5) is 0 Å². The lowest BCUT2D eigenvalue weighted by Crippen LogP contribution is -2.08. The van der Waals surface area contributed by atoms with Gasteiger partial charge < -0.3 is 9.47 Å². The molecular weight excluding hydrogens is 366 g/mol. The summed E-state index contributed by atoms with van der Waals surface area (Å²) in [5.41, 5.74) is 2.43. The maximum absolute atomic E-state index is 11.6. The van der Waals surface area contributed by atoms with Crippen molar-refractivity contribution in [3.8, 4) is 5.75 Å². The molecule has 144 valence electrons. The van der Waals surface area contributed by atoms with Crippen molar-refractivity contribution in [1.82, 2.24) is 3.97 Å². The van der Waals surface area contributed by atoms with Gasteiger partial charge in [-0.3, -0.25) is 13.9 Å². The van der Waals surface area contributed by atoms with E-state index in [9.17, 15) is 13.9 Å². The molecule has 0 spiro atoms. The summed E-state index contributed by atoms with van der Waals surface area (Å²) in [6, 6.07) is 12.6. The van der Waals surface area contributed by atoms with Crippen LogP contribution in [0.3, 0.4) is 0 Å². The summed E-state index contributed by atoms with van der Waals surface area (Å²) >= 11 is 0. The molecule has 0 saturated carbocycles. The maximum atomic E-state index is 11.6. The molecule has 3 aromatic rings. The molecule has 0 radical (unpaired) electrons. The van der Waals surface area contributed by atoms with Crippen molar-refractivity contribution in [3.63, 3.8) is 0 Å². The predicted molar refractivity (Wildman–Crippen MR) is 107 cm³/mol. The smallest absolute Gasteiger partial charge is 0.305 e. The van der Waals surface area contributed by atoms with Gasteiger partial charge in [-0.25, -0.2) is 3.97 Å². The number of benzene rings is 2. The van der Waals surface area contributed by atoms with Crippen molar-refractivity contribution in [2.24, 2.45) is 0 Å². The molecule has 0 amide bonds. The monoisotopic (exact) mass is 389 g/mol. The molecule has 0 aliphatic rings. The highest BCUT2D eigenvalue weighted by Crippen LogP contribution is 2.52. The first kappa shape index (κ1) is 19.3. The van der Waals surface area contributed by atoms with Gasteiger partial charge in [-0.05, 0) is 54.8 Å². The fourth-order valence-electron chi connectivity index (χ4n) is 3.02. The molecule has 2 aromatic carbocycles. The number of hydrogen-bond donors (Lipinski definition) is 2. The normalized spacial score (nSPS) is 12.2. The van der Waals surface area contributed by atoms with E-state index in [0.29, 0.717) is 22.6 Å². The number of hydrogen-bond acceptors (Lipinski definition) is 5. The Morgan fingerprint density at radius 1 is 1.15 bits per heavy atom. The minimum atomic E-state index is -3.27. The third-order valence-electron chi connectivity index (χ3n) is 4.47. The van der Waals surface area contributed by atoms with Gasteiger partial charge in [-0.2, -0.15) is 0 Å². The van der Waals surface area contributed by atoms with Gasteiger partial charge in [0.2, 0.25) is 0 Å². The Hall–Kier alpha value is -2.48. The number of carbonyl (C=O) groups excluding carboxylic acids is 1. The Labute approximate surface area is 159 Å². The van der Waals surface area contributed by atoms with Gasteiger partial charge in [-0.1, -0.05) is 22.9 Å². The van der Waals surface area contributed by atoms with E-state index >= 15 is 0 Å². The number of methoxy groups -OCH3 is 2. The van der Waals surface area contributed by atoms with Crippen molar-refractivity contribution in [2.45, 2.75) is 24.7 Å². The zero-order valence-corrected chi connectivity index (χ0v) is 16.3. The largest absolute Gasteiger partial charge is 0.497 e. The van der Waals surface area contributed by atoms with E-state index in [4.69, 9.17) is 9.47 Å². The van der Waals surface area contributed by atoms with Crippen LogP contribution in [0, 0.1) is 6.92 Å². The second kappa shape index (κ2) is 7.64. The fraction of sp³-hybridized carbons (Fsp3) is 0.250. The molecule has 0 unspecified atom stereocenters. The topological polar surface area (TPSA) is 80.9 Å². The molecule has 1 aromatic heterocycles. The summed E-state index contributed by atoms with van der Waals surface area (Å²) < 4.78 is 33.6. The van der Waals surface area contributed by atoms with Crippen molar-refractivity contribution < 1.29 is 23.4 Å². The Kier molecular flexibility index (Phi) is 5.46. The van der Waals surface area contributed by atoms with Gasteiger partial charge in [0.25, 0.3) is 0 Å². The van der Waals surface area contributed by atoms with E-state index in [-0.39, 0.29) is 12.4 Å². The third kappa shape index (κ3) is 3.80. The summed E-state index contributed by atoms with van der Waals surface area (Å²) in [6.07, 6.45) is 2.33. The van der Waals surface area contributed by atoms with Gasteiger partial charge in [0.05, 0.1) is 24.6 Å². The molecule has 27 heavy (non-hydrogen) atoms. The van der Waals surface area contributed by atoms with Crippen molar-refractivity contribution in [2.75, 3.05) is 14.2 Å². The molecule has 7 heteroatoms. The molecule has 0 atom stereocenters. The van der Waals surface area contributed by atoms with Crippen molar-refractivity contribution >= 4 is 27.6 Å². The summed E-state index contributed by atoms with van der Waals surface area (Å²) in [4.78, 5) is 12.0. The van der Waals surface area contributed by atoms with E-state index in [1.165, 1.54) is 11.1 Å². The molecule has 6 nitrogen and oxygen atoms in total. The SMILES string of the molecule is COC(=O)CCc1cn(S(O)(O)c2cccc(C)c2)c2ccc(OC)cc12. The zero-order valence-electron chi connectivity index (χ0n) is 15.5.